The first-order valence-corrected chi connectivity index (χ1v) is 7.39. The van der Waals surface area contributed by atoms with Crippen molar-refractivity contribution in [3.63, 3.8) is 0 Å². The van der Waals surface area contributed by atoms with E-state index in [4.69, 9.17) is 14.6 Å². The van der Waals surface area contributed by atoms with Crippen LogP contribution in [0.2, 0.25) is 0 Å². The van der Waals surface area contributed by atoms with Crippen LogP contribution in [0, 0.1) is 0 Å². The van der Waals surface area contributed by atoms with Crippen molar-refractivity contribution in [1.29, 1.82) is 0 Å². The van der Waals surface area contributed by atoms with E-state index in [1.165, 1.54) is 0 Å². The molecule has 1 aromatic rings. The van der Waals surface area contributed by atoms with Gasteiger partial charge in [0, 0.05) is 6.42 Å². The summed E-state index contributed by atoms with van der Waals surface area (Å²) in [5, 5.41) is 13.7. The van der Waals surface area contributed by atoms with Crippen LogP contribution < -0.4 is 10.7 Å². The van der Waals surface area contributed by atoms with Crippen LogP contribution in [-0.4, -0.2) is 46.0 Å². The highest BCUT2D eigenvalue weighted by molar-refractivity contribution is 9.10. The van der Waals surface area contributed by atoms with Gasteiger partial charge in [0.15, 0.2) is 11.7 Å². The molecule has 116 valence electrons. The number of aliphatic hydroxyl groups is 1. The molecule has 1 aliphatic heterocycles. The van der Waals surface area contributed by atoms with Crippen LogP contribution in [0.3, 0.4) is 0 Å². The number of halogens is 1. The lowest BCUT2D eigenvalue weighted by atomic mass is 10.2. The minimum Gasteiger partial charge on any atom is -0.442 e. The second-order valence-electron chi connectivity index (χ2n) is 5.54. The summed E-state index contributed by atoms with van der Waals surface area (Å²) < 4.78 is 12.3. The molecule has 1 aliphatic rings. The number of aliphatic hydroxyl groups excluding tert-OH is 1. The Labute approximate surface area is 130 Å². The van der Waals surface area contributed by atoms with Crippen LogP contribution in [0.25, 0.3) is 6.08 Å². The molecule has 0 saturated carbocycles. The number of hydrogen-bond donors (Lipinski definition) is 1. The predicted molar refractivity (Wildman–Crippen MR) is 78.2 cm³/mol. The molecule has 0 spiro atoms. The third-order valence-electron chi connectivity index (χ3n) is 2.61. The van der Waals surface area contributed by atoms with E-state index in [1.807, 2.05) is 6.08 Å². The molecule has 0 bridgehead atoms. The highest BCUT2D eigenvalue weighted by Gasteiger charge is 2.23. The van der Waals surface area contributed by atoms with Gasteiger partial charge >= 0.3 is 6.09 Å². The fourth-order valence-electron chi connectivity index (χ4n) is 1.83. The molecular weight excluding hydrogens is 342 g/mol. The fraction of sp³-hybridized carbons (Fsp3) is 0.615. The minimum absolute atomic E-state index is 0.0755. The molecule has 0 aliphatic carbocycles. The smallest absolute Gasteiger partial charge is 0.437 e. The molecule has 1 atom stereocenters. The fourth-order valence-corrected chi connectivity index (χ4v) is 2.33. The highest BCUT2D eigenvalue weighted by atomic mass is 79.9. The average molecular weight is 360 g/mol. The van der Waals surface area contributed by atoms with Crippen molar-refractivity contribution in [2.24, 2.45) is 4.99 Å². The zero-order valence-electron chi connectivity index (χ0n) is 12.2. The van der Waals surface area contributed by atoms with Crippen molar-refractivity contribution in [2.45, 2.75) is 39.0 Å². The Hall–Kier alpha value is -1.25. The number of fused-ring (bicyclic) bond motifs is 1. The third kappa shape index (κ3) is 3.90. The summed E-state index contributed by atoms with van der Waals surface area (Å²) >= 11 is 3.31. The van der Waals surface area contributed by atoms with Gasteiger partial charge in [0.1, 0.15) is 10.2 Å². The van der Waals surface area contributed by atoms with Crippen molar-refractivity contribution < 1.29 is 19.4 Å². The zero-order valence-corrected chi connectivity index (χ0v) is 13.8. The molecule has 2 heterocycles. The second kappa shape index (κ2) is 6.25. The van der Waals surface area contributed by atoms with Gasteiger partial charge in [0.2, 0.25) is 0 Å². The number of ether oxygens (including phenoxy) is 2. The van der Waals surface area contributed by atoms with Crippen LogP contribution in [0.1, 0.15) is 27.2 Å². The van der Waals surface area contributed by atoms with E-state index < -0.39 is 17.9 Å². The molecular formula is C13H18BrN3O4. The summed E-state index contributed by atoms with van der Waals surface area (Å²) in [6.07, 6.45) is 1.42. The lowest BCUT2D eigenvalue weighted by Crippen LogP contribution is -2.40. The summed E-state index contributed by atoms with van der Waals surface area (Å²) in [4.78, 5) is 16.5. The molecule has 21 heavy (non-hydrogen) atoms. The predicted octanol–water partition coefficient (Wildman–Crippen LogP) is 0.568. The topological polar surface area (TPSA) is 85.9 Å². The number of carbonyl (C=O) groups is 1. The quantitative estimate of drug-likeness (QED) is 0.852. The Kier molecular flexibility index (Phi) is 4.80. The van der Waals surface area contributed by atoms with Crippen LogP contribution >= 0.6 is 15.9 Å². The zero-order chi connectivity index (χ0) is 15.6. The van der Waals surface area contributed by atoms with Gasteiger partial charge in [0.05, 0.1) is 18.4 Å². The van der Waals surface area contributed by atoms with E-state index in [0.29, 0.717) is 16.5 Å². The van der Waals surface area contributed by atoms with Gasteiger partial charge in [-0.25, -0.2) is 9.79 Å². The Morgan fingerprint density at radius 3 is 2.90 bits per heavy atom. The lowest BCUT2D eigenvalue weighted by Gasteiger charge is -2.19. The minimum atomic E-state index is -0.617. The van der Waals surface area contributed by atoms with Crippen LogP contribution in [0.5, 0.6) is 0 Å². The normalized spacial score (nSPS) is 17.7. The first kappa shape index (κ1) is 16.1. The van der Waals surface area contributed by atoms with Gasteiger partial charge in [-0.15, -0.1) is 4.68 Å². The molecule has 0 fully saturated rings. The summed E-state index contributed by atoms with van der Waals surface area (Å²) in [6.45, 7) is 5.47. The molecule has 7 nitrogen and oxygen atoms in total. The van der Waals surface area contributed by atoms with Crippen LogP contribution in [-0.2, 0) is 9.47 Å². The summed E-state index contributed by atoms with van der Waals surface area (Å²) in [5.41, 5.74) is -0.224. The van der Waals surface area contributed by atoms with Crippen molar-refractivity contribution >= 4 is 28.1 Å². The number of nitrogens with zero attached hydrogens (tertiary/aromatic N) is 3. The maximum Gasteiger partial charge on any atom is 0.437 e. The first-order chi connectivity index (χ1) is 9.81. The summed E-state index contributed by atoms with van der Waals surface area (Å²) in [7, 11) is 0. The molecule has 1 N–H and O–H groups in total. The Morgan fingerprint density at radius 2 is 2.29 bits per heavy atom. The maximum atomic E-state index is 12.2. The molecule has 0 saturated heterocycles. The molecule has 2 rings (SSSR count). The SMILES string of the molecule is CC(C)(C)OC(=O)n1nc(Br)c2c1=NC(OCCO)CC=2. The van der Waals surface area contributed by atoms with Gasteiger partial charge in [-0.3, -0.25) is 0 Å². The largest absolute Gasteiger partial charge is 0.442 e. The molecule has 1 unspecified atom stereocenters. The standard InChI is InChI=1S/C13H18BrN3O4/c1-13(2,3)21-12(19)17-11-8(10(14)16-17)4-5-9(15-11)20-7-6-18/h4,9,18H,5-7H2,1-3H3. The van der Waals surface area contributed by atoms with Crippen molar-refractivity contribution in [1.82, 2.24) is 9.78 Å². The Morgan fingerprint density at radius 1 is 1.57 bits per heavy atom. The van der Waals surface area contributed by atoms with Crippen LogP contribution in [0.4, 0.5) is 4.79 Å². The molecule has 0 amide bonds. The molecule has 1 aromatic heterocycles. The van der Waals surface area contributed by atoms with Gasteiger partial charge in [0.25, 0.3) is 0 Å². The number of rotatable bonds is 3. The molecule has 8 heteroatoms. The van der Waals surface area contributed by atoms with Crippen molar-refractivity contribution in [3.05, 3.63) is 15.3 Å². The third-order valence-corrected chi connectivity index (χ3v) is 3.20. The summed E-state index contributed by atoms with van der Waals surface area (Å²) in [6, 6.07) is 0. The Balaban J connectivity index is 2.36. The molecule has 0 radical (unpaired) electrons. The van der Waals surface area contributed by atoms with Gasteiger partial charge < -0.3 is 14.6 Å². The first-order valence-electron chi connectivity index (χ1n) is 6.60. The van der Waals surface area contributed by atoms with E-state index in [-0.39, 0.29) is 13.2 Å². The van der Waals surface area contributed by atoms with Crippen LogP contribution in [0.15, 0.2) is 9.60 Å². The van der Waals surface area contributed by atoms with E-state index >= 15 is 0 Å². The number of aromatic nitrogens is 2. The van der Waals surface area contributed by atoms with E-state index in [2.05, 4.69) is 26.0 Å². The van der Waals surface area contributed by atoms with Gasteiger partial charge in [-0.1, -0.05) is 6.08 Å². The van der Waals surface area contributed by atoms with Crippen molar-refractivity contribution in [3.8, 4) is 0 Å². The van der Waals surface area contributed by atoms with Gasteiger partial charge in [-0.2, -0.15) is 5.10 Å². The number of carbonyl (C=O) groups excluding carboxylic acids is 1. The van der Waals surface area contributed by atoms with E-state index in [9.17, 15) is 4.79 Å². The summed E-state index contributed by atoms with van der Waals surface area (Å²) in [5.74, 6) is 0. The Bertz CT molecular complexity index is 648. The maximum absolute atomic E-state index is 12.2. The monoisotopic (exact) mass is 359 g/mol. The average Bonchev–Trinajstić information content (AvgIpc) is 2.71. The van der Waals surface area contributed by atoms with Gasteiger partial charge in [-0.05, 0) is 36.7 Å². The van der Waals surface area contributed by atoms with E-state index in [0.717, 1.165) is 9.90 Å². The number of hydrogen-bond acceptors (Lipinski definition) is 6. The van der Waals surface area contributed by atoms with E-state index in [1.54, 1.807) is 20.8 Å². The molecule has 0 aromatic carbocycles. The highest BCUT2D eigenvalue weighted by Crippen LogP contribution is 2.09. The second-order valence-corrected chi connectivity index (χ2v) is 6.29. The van der Waals surface area contributed by atoms with Crippen molar-refractivity contribution in [2.75, 3.05) is 13.2 Å². The lowest BCUT2D eigenvalue weighted by molar-refractivity contribution is 0.0326.